The second-order valence-electron chi connectivity index (χ2n) is 7.93. The van der Waals surface area contributed by atoms with Crippen LogP contribution in [0.25, 0.3) is 0 Å². The van der Waals surface area contributed by atoms with E-state index in [1.807, 2.05) is 6.07 Å². The fraction of sp³-hybridized carbons (Fsp3) is 0.696. The third-order valence-corrected chi connectivity index (χ3v) is 5.62. The highest BCUT2D eigenvalue weighted by atomic mass is 16.5. The second kappa shape index (κ2) is 12.6. The topological polar surface area (TPSA) is 67.4 Å². The molecule has 2 N–H and O–H groups in total. The Bertz CT molecular complexity index is 649. The average Bonchev–Trinajstić information content (AvgIpc) is 2.80. The highest BCUT2D eigenvalue weighted by molar-refractivity contribution is 5.80. The van der Waals surface area contributed by atoms with E-state index in [0.717, 1.165) is 89.8 Å². The number of nitrogens with one attached hydrogen (secondary N) is 2. The van der Waals surface area contributed by atoms with Crippen LogP contribution in [0.15, 0.2) is 29.3 Å². The predicted molar refractivity (Wildman–Crippen MR) is 122 cm³/mol. The Kier molecular flexibility index (Phi) is 9.57. The van der Waals surface area contributed by atoms with Gasteiger partial charge in [0.25, 0.3) is 0 Å². The number of hydrogen-bond donors (Lipinski definition) is 2. The van der Waals surface area contributed by atoms with E-state index >= 15 is 0 Å². The van der Waals surface area contributed by atoms with Crippen molar-refractivity contribution < 1.29 is 14.2 Å². The van der Waals surface area contributed by atoms with Gasteiger partial charge < -0.3 is 29.7 Å². The van der Waals surface area contributed by atoms with Crippen LogP contribution < -0.4 is 20.3 Å². The number of ether oxygens (including phenoxy) is 3. The van der Waals surface area contributed by atoms with E-state index in [1.165, 1.54) is 5.69 Å². The molecule has 1 aromatic carbocycles. The Hall–Kier alpha value is -1.99. The predicted octanol–water partition coefficient (Wildman–Crippen LogP) is 2.80. The van der Waals surface area contributed by atoms with Crippen molar-refractivity contribution in [2.45, 2.75) is 51.2 Å². The van der Waals surface area contributed by atoms with Gasteiger partial charge in [0.05, 0.1) is 13.2 Å². The van der Waals surface area contributed by atoms with Gasteiger partial charge >= 0.3 is 0 Å². The fourth-order valence-corrected chi connectivity index (χ4v) is 4.00. The molecule has 0 saturated carbocycles. The fourth-order valence-electron chi connectivity index (χ4n) is 4.00. The van der Waals surface area contributed by atoms with E-state index in [-0.39, 0.29) is 0 Å². The van der Waals surface area contributed by atoms with Crippen LogP contribution in [-0.2, 0) is 9.47 Å². The van der Waals surface area contributed by atoms with Crippen LogP contribution in [0.1, 0.15) is 39.0 Å². The molecular formula is C23H38N4O3. The molecule has 1 atom stereocenters. The van der Waals surface area contributed by atoms with E-state index in [0.29, 0.717) is 12.1 Å². The minimum absolute atomic E-state index is 0.360. The molecule has 1 unspecified atom stereocenters. The SMILES string of the molecule is CCNC(=NCCCOC1CCOCC1)NC1CCCN(c2cccc(OC)c2)C1. The quantitative estimate of drug-likeness (QED) is 0.365. The van der Waals surface area contributed by atoms with Crippen LogP contribution in [-0.4, -0.2) is 71.2 Å². The van der Waals surface area contributed by atoms with Gasteiger partial charge in [-0.3, -0.25) is 4.99 Å². The molecule has 1 aromatic rings. The van der Waals surface area contributed by atoms with Gasteiger partial charge in [-0.25, -0.2) is 0 Å². The molecule has 7 nitrogen and oxygen atoms in total. The molecule has 0 aliphatic carbocycles. The van der Waals surface area contributed by atoms with Crippen molar-refractivity contribution in [3.05, 3.63) is 24.3 Å². The van der Waals surface area contributed by atoms with E-state index in [9.17, 15) is 0 Å². The molecule has 2 saturated heterocycles. The first-order valence-electron chi connectivity index (χ1n) is 11.4. The standard InChI is InChI=1S/C23H38N4O3/c1-3-24-23(25-12-6-14-30-21-10-15-29-16-11-21)26-19-7-5-13-27(18-19)20-8-4-9-22(17-20)28-2/h4,8-9,17,19,21H,3,5-7,10-16,18H2,1-2H3,(H2,24,25,26). The lowest BCUT2D eigenvalue weighted by Crippen LogP contribution is -2.51. The van der Waals surface area contributed by atoms with E-state index in [4.69, 9.17) is 19.2 Å². The number of guanidine groups is 1. The van der Waals surface area contributed by atoms with Gasteiger partial charge in [-0.15, -0.1) is 0 Å². The van der Waals surface area contributed by atoms with Gasteiger partial charge in [-0.05, 0) is 51.2 Å². The number of benzene rings is 1. The van der Waals surface area contributed by atoms with Gasteiger partial charge in [0.1, 0.15) is 5.75 Å². The number of rotatable bonds is 9. The number of methoxy groups -OCH3 is 1. The summed E-state index contributed by atoms with van der Waals surface area (Å²) in [5, 5.41) is 7.02. The maximum atomic E-state index is 5.95. The smallest absolute Gasteiger partial charge is 0.191 e. The minimum atomic E-state index is 0.360. The van der Waals surface area contributed by atoms with E-state index in [1.54, 1.807) is 7.11 Å². The Morgan fingerprint density at radius 2 is 2.13 bits per heavy atom. The first-order chi connectivity index (χ1) is 14.8. The van der Waals surface area contributed by atoms with Crippen LogP contribution in [0.2, 0.25) is 0 Å². The highest BCUT2D eigenvalue weighted by Crippen LogP contribution is 2.24. The summed E-state index contributed by atoms with van der Waals surface area (Å²) in [5.74, 6) is 1.81. The number of nitrogens with zero attached hydrogens (tertiary/aromatic N) is 2. The molecule has 0 bridgehead atoms. The maximum Gasteiger partial charge on any atom is 0.191 e. The molecule has 2 aliphatic rings. The van der Waals surface area contributed by atoms with Gasteiger partial charge in [0.15, 0.2) is 5.96 Å². The van der Waals surface area contributed by atoms with Crippen LogP contribution in [0.4, 0.5) is 5.69 Å². The lowest BCUT2D eigenvalue weighted by molar-refractivity contribution is -0.0318. The summed E-state index contributed by atoms with van der Waals surface area (Å²) in [6.45, 7) is 8.18. The summed E-state index contributed by atoms with van der Waals surface area (Å²) >= 11 is 0. The lowest BCUT2D eigenvalue weighted by atomic mass is 10.0. The molecule has 7 heteroatoms. The second-order valence-corrected chi connectivity index (χ2v) is 7.93. The van der Waals surface area contributed by atoms with Crippen molar-refractivity contribution in [1.82, 2.24) is 10.6 Å². The van der Waals surface area contributed by atoms with Crippen LogP contribution >= 0.6 is 0 Å². The van der Waals surface area contributed by atoms with Crippen molar-refractivity contribution in [1.29, 1.82) is 0 Å². The molecule has 0 aromatic heterocycles. The first-order valence-corrected chi connectivity index (χ1v) is 11.4. The van der Waals surface area contributed by atoms with E-state index < -0.39 is 0 Å². The molecule has 2 aliphatic heterocycles. The zero-order valence-corrected chi connectivity index (χ0v) is 18.6. The molecule has 2 fully saturated rings. The third-order valence-electron chi connectivity index (χ3n) is 5.62. The molecule has 0 radical (unpaired) electrons. The Morgan fingerprint density at radius 3 is 2.93 bits per heavy atom. The van der Waals surface area contributed by atoms with Crippen molar-refractivity contribution in [2.24, 2.45) is 4.99 Å². The van der Waals surface area contributed by atoms with Gasteiger partial charge in [-0.1, -0.05) is 6.07 Å². The van der Waals surface area contributed by atoms with Crippen molar-refractivity contribution in [3.8, 4) is 5.75 Å². The Balaban J connectivity index is 1.45. The molecule has 0 spiro atoms. The largest absolute Gasteiger partial charge is 0.497 e. The summed E-state index contributed by atoms with van der Waals surface area (Å²) in [4.78, 5) is 7.19. The molecule has 0 amide bonds. The molecular weight excluding hydrogens is 380 g/mol. The molecule has 168 valence electrons. The van der Waals surface area contributed by atoms with Crippen LogP contribution in [0, 0.1) is 0 Å². The summed E-state index contributed by atoms with van der Waals surface area (Å²) in [6.07, 6.45) is 5.64. The molecule has 3 rings (SSSR count). The third kappa shape index (κ3) is 7.36. The normalized spacial score (nSPS) is 20.8. The first kappa shape index (κ1) is 22.7. The Morgan fingerprint density at radius 1 is 1.27 bits per heavy atom. The van der Waals surface area contributed by atoms with Crippen molar-refractivity contribution >= 4 is 11.6 Å². The number of aliphatic imine (C=N–C) groups is 1. The van der Waals surface area contributed by atoms with Gasteiger partial charge in [-0.2, -0.15) is 0 Å². The summed E-state index contributed by atoms with van der Waals surface area (Å²) in [7, 11) is 1.72. The highest BCUT2D eigenvalue weighted by Gasteiger charge is 2.21. The summed E-state index contributed by atoms with van der Waals surface area (Å²) in [5.41, 5.74) is 1.22. The molecule has 2 heterocycles. The van der Waals surface area contributed by atoms with Crippen molar-refractivity contribution in [3.63, 3.8) is 0 Å². The summed E-state index contributed by atoms with van der Waals surface area (Å²) in [6, 6.07) is 8.69. The lowest BCUT2D eigenvalue weighted by Gasteiger charge is -2.35. The zero-order chi connectivity index (χ0) is 21.0. The zero-order valence-electron chi connectivity index (χ0n) is 18.6. The number of hydrogen-bond acceptors (Lipinski definition) is 5. The van der Waals surface area contributed by atoms with Crippen molar-refractivity contribution in [2.75, 3.05) is 58.0 Å². The number of anilines is 1. The average molecular weight is 419 g/mol. The van der Waals surface area contributed by atoms with Gasteiger partial charge in [0.2, 0.25) is 0 Å². The van der Waals surface area contributed by atoms with Crippen LogP contribution in [0.3, 0.4) is 0 Å². The van der Waals surface area contributed by atoms with E-state index in [2.05, 4.69) is 40.7 Å². The Labute approximate surface area is 181 Å². The number of piperidine rings is 1. The maximum absolute atomic E-state index is 5.95. The monoisotopic (exact) mass is 418 g/mol. The van der Waals surface area contributed by atoms with Crippen LogP contribution in [0.5, 0.6) is 5.75 Å². The van der Waals surface area contributed by atoms with Gasteiger partial charge in [0, 0.05) is 63.8 Å². The molecule has 30 heavy (non-hydrogen) atoms. The minimum Gasteiger partial charge on any atom is -0.497 e. The summed E-state index contributed by atoms with van der Waals surface area (Å²) < 4.78 is 16.7.